The van der Waals surface area contributed by atoms with Gasteiger partial charge in [-0.05, 0) is 37.8 Å². The van der Waals surface area contributed by atoms with Crippen LogP contribution >= 0.6 is 23.1 Å². The largest absolute Gasteiger partial charge is 0.311 e. The second-order valence-electron chi connectivity index (χ2n) is 4.94. The lowest BCUT2D eigenvalue weighted by Gasteiger charge is -2.12. The first kappa shape index (κ1) is 15.5. The van der Waals surface area contributed by atoms with Crippen LogP contribution < -0.4 is 5.32 Å². The van der Waals surface area contributed by atoms with Crippen molar-refractivity contribution in [3.63, 3.8) is 0 Å². The highest BCUT2D eigenvalue weighted by atomic mass is 32.2. The van der Waals surface area contributed by atoms with Gasteiger partial charge in [-0.15, -0.1) is 11.3 Å². The van der Waals surface area contributed by atoms with Crippen LogP contribution in [0.1, 0.15) is 28.8 Å². The number of aromatic nitrogens is 2. The number of hydrogen-bond acceptors (Lipinski definition) is 5. The van der Waals surface area contributed by atoms with Crippen molar-refractivity contribution in [2.24, 2.45) is 0 Å². The Kier molecular flexibility index (Phi) is 5.57. The molecule has 2 aromatic heterocycles. The second kappa shape index (κ2) is 7.20. The predicted molar refractivity (Wildman–Crippen MR) is 87.6 cm³/mol. The molecule has 2 aromatic rings. The van der Waals surface area contributed by atoms with E-state index in [4.69, 9.17) is 0 Å². The van der Waals surface area contributed by atoms with Gasteiger partial charge >= 0.3 is 0 Å². The lowest BCUT2D eigenvalue weighted by Crippen LogP contribution is -2.22. The Morgan fingerprint density at radius 3 is 2.55 bits per heavy atom. The average molecular weight is 307 g/mol. The molecule has 108 valence electrons. The summed E-state index contributed by atoms with van der Waals surface area (Å²) in [7, 11) is 0. The van der Waals surface area contributed by atoms with Gasteiger partial charge < -0.3 is 5.32 Å². The van der Waals surface area contributed by atoms with Gasteiger partial charge in [0, 0.05) is 34.6 Å². The van der Waals surface area contributed by atoms with Crippen molar-refractivity contribution in [1.82, 2.24) is 15.3 Å². The Balaban J connectivity index is 1.83. The molecule has 0 aliphatic carbocycles. The van der Waals surface area contributed by atoms with E-state index in [-0.39, 0.29) is 0 Å². The van der Waals surface area contributed by atoms with Gasteiger partial charge in [0.05, 0.1) is 0 Å². The van der Waals surface area contributed by atoms with Crippen LogP contribution in [0, 0.1) is 20.8 Å². The van der Waals surface area contributed by atoms with Crippen LogP contribution in [0.2, 0.25) is 0 Å². The fraction of sp³-hybridized carbons (Fsp3) is 0.467. The minimum Gasteiger partial charge on any atom is -0.311 e. The second-order valence-corrected chi connectivity index (χ2v) is 7.38. The molecule has 2 heterocycles. The topological polar surface area (TPSA) is 37.8 Å². The highest BCUT2D eigenvalue weighted by Crippen LogP contribution is 2.21. The first-order valence-electron chi connectivity index (χ1n) is 6.78. The first-order chi connectivity index (χ1) is 9.56. The summed E-state index contributed by atoms with van der Waals surface area (Å²) in [4.78, 5) is 10.5. The summed E-state index contributed by atoms with van der Waals surface area (Å²) in [6.45, 7) is 10.3. The van der Waals surface area contributed by atoms with E-state index >= 15 is 0 Å². The molecule has 3 nitrogen and oxygen atoms in total. The summed E-state index contributed by atoms with van der Waals surface area (Å²) in [6.07, 6.45) is 0. The number of nitrogens with zero attached hydrogens (tertiary/aromatic N) is 2. The van der Waals surface area contributed by atoms with E-state index in [0.29, 0.717) is 5.25 Å². The van der Waals surface area contributed by atoms with Gasteiger partial charge in [-0.2, -0.15) is 0 Å². The van der Waals surface area contributed by atoms with Gasteiger partial charge in [-0.25, -0.2) is 9.97 Å². The first-order valence-corrected chi connectivity index (χ1v) is 8.53. The minimum atomic E-state index is 0.455. The SMILES string of the molecule is Cc1nc(SC(C)CNCc2cccs2)nc(C)c1C. The summed E-state index contributed by atoms with van der Waals surface area (Å²) in [6, 6.07) is 4.25. The fourth-order valence-electron chi connectivity index (χ4n) is 1.83. The van der Waals surface area contributed by atoms with Crippen molar-refractivity contribution < 1.29 is 0 Å². The Hall–Kier alpha value is -0.910. The van der Waals surface area contributed by atoms with Crippen molar-refractivity contribution in [2.75, 3.05) is 6.54 Å². The Morgan fingerprint density at radius 1 is 1.25 bits per heavy atom. The molecule has 0 amide bonds. The van der Waals surface area contributed by atoms with E-state index < -0.39 is 0 Å². The van der Waals surface area contributed by atoms with Crippen LogP contribution in [0.4, 0.5) is 0 Å². The molecule has 0 bridgehead atoms. The third-order valence-electron chi connectivity index (χ3n) is 3.23. The molecular weight excluding hydrogens is 286 g/mol. The molecule has 0 spiro atoms. The number of thioether (sulfide) groups is 1. The van der Waals surface area contributed by atoms with Crippen LogP contribution in [-0.2, 0) is 6.54 Å². The standard InChI is InChI=1S/C15H21N3S2/c1-10(8-16-9-14-6-5-7-19-14)20-15-17-12(3)11(2)13(4)18-15/h5-7,10,16H,8-9H2,1-4H3. The molecule has 0 aromatic carbocycles. The van der Waals surface area contributed by atoms with Gasteiger partial charge in [-0.3, -0.25) is 0 Å². The fourth-order valence-corrected chi connectivity index (χ4v) is 3.44. The molecule has 0 aliphatic rings. The normalized spacial score (nSPS) is 12.6. The quantitative estimate of drug-likeness (QED) is 0.652. The van der Waals surface area contributed by atoms with Gasteiger partial charge in [0.2, 0.25) is 0 Å². The molecule has 0 saturated heterocycles. The van der Waals surface area contributed by atoms with E-state index in [0.717, 1.165) is 29.6 Å². The number of aryl methyl sites for hydroxylation is 2. The molecule has 0 aliphatic heterocycles. The molecule has 1 N–H and O–H groups in total. The molecule has 20 heavy (non-hydrogen) atoms. The molecular formula is C15H21N3S2. The molecule has 1 unspecified atom stereocenters. The zero-order chi connectivity index (χ0) is 14.5. The summed E-state index contributed by atoms with van der Waals surface area (Å²) in [5, 5.41) is 6.93. The van der Waals surface area contributed by atoms with Gasteiger partial charge in [0.15, 0.2) is 5.16 Å². The van der Waals surface area contributed by atoms with Crippen LogP contribution in [0.15, 0.2) is 22.7 Å². The lowest BCUT2D eigenvalue weighted by molar-refractivity contribution is 0.688. The van der Waals surface area contributed by atoms with Crippen molar-refractivity contribution in [2.45, 2.75) is 44.6 Å². The van der Waals surface area contributed by atoms with Crippen LogP contribution in [0.3, 0.4) is 0 Å². The zero-order valence-corrected chi connectivity index (χ0v) is 14.1. The van der Waals surface area contributed by atoms with Gasteiger partial charge in [-0.1, -0.05) is 24.8 Å². The number of rotatable bonds is 6. The lowest BCUT2D eigenvalue weighted by atomic mass is 10.2. The molecule has 0 radical (unpaired) electrons. The summed E-state index contributed by atoms with van der Waals surface area (Å²) in [5.41, 5.74) is 3.36. The van der Waals surface area contributed by atoms with Gasteiger partial charge in [0.1, 0.15) is 0 Å². The van der Waals surface area contributed by atoms with Crippen molar-refractivity contribution in [1.29, 1.82) is 0 Å². The number of nitrogens with one attached hydrogen (secondary N) is 1. The van der Waals surface area contributed by atoms with Crippen molar-refractivity contribution in [3.8, 4) is 0 Å². The zero-order valence-electron chi connectivity index (χ0n) is 12.4. The van der Waals surface area contributed by atoms with Crippen LogP contribution in [0.5, 0.6) is 0 Å². The van der Waals surface area contributed by atoms with Gasteiger partial charge in [0.25, 0.3) is 0 Å². The Labute approximate surface area is 129 Å². The highest BCUT2D eigenvalue weighted by molar-refractivity contribution is 7.99. The molecule has 5 heteroatoms. The predicted octanol–water partition coefficient (Wildman–Crippen LogP) is 3.73. The summed E-state index contributed by atoms with van der Waals surface area (Å²) in [5.74, 6) is 0. The number of hydrogen-bond donors (Lipinski definition) is 1. The van der Waals surface area contributed by atoms with Crippen LogP contribution in [-0.4, -0.2) is 21.8 Å². The third kappa shape index (κ3) is 4.30. The summed E-state index contributed by atoms with van der Waals surface area (Å²) < 4.78 is 0. The third-order valence-corrected chi connectivity index (χ3v) is 5.07. The minimum absolute atomic E-state index is 0.455. The molecule has 0 saturated carbocycles. The average Bonchev–Trinajstić information content (AvgIpc) is 2.89. The molecule has 2 rings (SSSR count). The van der Waals surface area contributed by atoms with E-state index in [1.165, 1.54) is 10.4 Å². The van der Waals surface area contributed by atoms with Crippen LogP contribution in [0.25, 0.3) is 0 Å². The number of thiophene rings is 1. The van der Waals surface area contributed by atoms with E-state index in [9.17, 15) is 0 Å². The van der Waals surface area contributed by atoms with E-state index in [1.807, 2.05) is 13.8 Å². The van der Waals surface area contributed by atoms with E-state index in [2.05, 4.69) is 46.6 Å². The molecule has 0 fully saturated rings. The maximum atomic E-state index is 4.56. The summed E-state index contributed by atoms with van der Waals surface area (Å²) >= 11 is 3.53. The smallest absolute Gasteiger partial charge is 0.188 e. The van der Waals surface area contributed by atoms with Crippen molar-refractivity contribution in [3.05, 3.63) is 39.3 Å². The Bertz CT molecular complexity index is 529. The van der Waals surface area contributed by atoms with E-state index in [1.54, 1.807) is 23.1 Å². The van der Waals surface area contributed by atoms with Crippen molar-refractivity contribution >= 4 is 23.1 Å². The highest BCUT2D eigenvalue weighted by Gasteiger charge is 2.09. The Morgan fingerprint density at radius 2 is 1.95 bits per heavy atom. The maximum Gasteiger partial charge on any atom is 0.188 e. The molecule has 1 atom stereocenters. The maximum absolute atomic E-state index is 4.56. The monoisotopic (exact) mass is 307 g/mol.